The first-order valence-corrected chi connectivity index (χ1v) is 7.38. The molecule has 130 valence electrons. The Morgan fingerprint density at radius 2 is 1.56 bits per heavy atom. The summed E-state index contributed by atoms with van der Waals surface area (Å²) in [5.41, 5.74) is 1.03. The van der Waals surface area contributed by atoms with E-state index < -0.39 is 11.8 Å². The maximum atomic E-state index is 12.2. The average Bonchev–Trinajstić information content (AvgIpc) is 2.96. The number of aromatic amines is 2. The summed E-state index contributed by atoms with van der Waals surface area (Å²) >= 11 is 0. The number of aromatic nitrogens is 2. The lowest BCUT2D eigenvalue weighted by Crippen LogP contribution is -2.19. The molecular formula is C17H18N4O4. The van der Waals surface area contributed by atoms with E-state index >= 15 is 0 Å². The molecule has 0 bridgehead atoms. The van der Waals surface area contributed by atoms with Crippen molar-refractivity contribution in [1.29, 1.82) is 10.5 Å². The largest absolute Gasteiger partial charge is 0.493 e. The predicted molar refractivity (Wildman–Crippen MR) is 88.8 cm³/mol. The number of hydrogen-bond acceptors (Lipinski definition) is 6. The van der Waals surface area contributed by atoms with Gasteiger partial charge in [-0.2, -0.15) is 10.5 Å². The summed E-state index contributed by atoms with van der Waals surface area (Å²) in [5.74, 6) is -0.711. The molecular weight excluding hydrogens is 324 g/mol. The zero-order valence-electron chi connectivity index (χ0n) is 14.3. The van der Waals surface area contributed by atoms with Gasteiger partial charge in [-0.25, -0.2) is 0 Å². The monoisotopic (exact) mass is 342 g/mol. The number of rotatable bonds is 6. The van der Waals surface area contributed by atoms with Crippen LogP contribution in [0.25, 0.3) is 0 Å². The van der Waals surface area contributed by atoms with Crippen molar-refractivity contribution in [2.24, 2.45) is 5.92 Å². The molecule has 0 saturated carbocycles. The van der Waals surface area contributed by atoms with Gasteiger partial charge in [-0.05, 0) is 24.6 Å². The van der Waals surface area contributed by atoms with Gasteiger partial charge in [0.2, 0.25) is 5.75 Å². The lowest BCUT2D eigenvalue weighted by Gasteiger charge is -2.20. The smallest absolute Gasteiger partial charge is 0.268 e. The highest BCUT2D eigenvalue weighted by Crippen LogP contribution is 2.42. The van der Waals surface area contributed by atoms with E-state index in [1.54, 1.807) is 19.1 Å². The summed E-state index contributed by atoms with van der Waals surface area (Å²) in [5, 5.41) is 24.0. The minimum Gasteiger partial charge on any atom is -0.493 e. The molecule has 0 spiro atoms. The molecule has 1 aromatic heterocycles. The molecule has 2 aromatic rings. The van der Waals surface area contributed by atoms with Gasteiger partial charge in [0.05, 0.1) is 33.5 Å². The van der Waals surface area contributed by atoms with Crippen LogP contribution in [-0.2, 0) is 0 Å². The Morgan fingerprint density at radius 1 is 1.00 bits per heavy atom. The second-order valence-corrected chi connectivity index (χ2v) is 5.29. The molecule has 25 heavy (non-hydrogen) atoms. The molecule has 0 aliphatic carbocycles. The lowest BCUT2D eigenvalue weighted by atomic mass is 9.82. The van der Waals surface area contributed by atoms with Crippen molar-refractivity contribution in [1.82, 2.24) is 10.2 Å². The van der Waals surface area contributed by atoms with E-state index in [1.807, 2.05) is 12.1 Å². The number of methoxy groups -OCH3 is 3. The molecule has 1 atom stereocenters. The van der Waals surface area contributed by atoms with Gasteiger partial charge in [-0.1, -0.05) is 0 Å². The molecule has 0 fully saturated rings. The van der Waals surface area contributed by atoms with Crippen molar-refractivity contribution in [3.63, 3.8) is 0 Å². The van der Waals surface area contributed by atoms with Crippen LogP contribution in [0.3, 0.4) is 0 Å². The summed E-state index contributed by atoms with van der Waals surface area (Å²) in [6.07, 6.45) is 0. The minimum absolute atomic E-state index is 0.322. The fraction of sp³-hybridized carbons (Fsp3) is 0.353. The summed E-state index contributed by atoms with van der Waals surface area (Å²) in [6, 6.07) is 7.19. The van der Waals surface area contributed by atoms with Gasteiger partial charge in [0, 0.05) is 17.2 Å². The van der Waals surface area contributed by atoms with E-state index in [0.29, 0.717) is 34.1 Å². The molecule has 0 saturated heterocycles. The average molecular weight is 342 g/mol. The van der Waals surface area contributed by atoms with Gasteiger partial charge in [-0.3, -0.25) is 9.89 Å². The Balaban J connectivity index is 2.78. The first-order chi connectivity index (χ1) is 12.0. The van der Waals surface area contributed by atoms with Crippen molar-refractivity contribution in [3.05, 3.63) is 39.3 Å². The predicted octanol–water partition coefficient (Wildman–Crippen LogP) is 1.83. The third-order valence-electron chi connectivity index (χ3n) is 3.98. The summed E-state index contributed by atoms with van der Waals surface area (Å²) in [7, 11) is 4.42. The van der Waals surface area contributed by atoms with E-state index in [2.05, 4.69) is 10.2 Å². The topological polar surface area (TPSA) is 124 Å². The van der Waals surface area contributed by atoms with E-state index in [1.165, 1.54) is 21.3 Å². The molecule has 2 N–H and O–H groups in total. The zero-order chi connectivity index (χ0) is 18.6. The molecule has 1 heterocycles. The number of nitriles is 2. The summed E-state index contributed by atoms with van der Waals surface area (Å²) < 4.78 is 15.9. The molecule has 2 rings (SSSR count). The Labute approximate surface area is 144 Å². The standard InChI is InChI=1S/C17H18N4O4/c1-9-14(17(22)21-20-9)15(11(7-18)8-19)10-5-12(23-2)16(25-4)13(6-10)24-3/h5-6,11,15H,1-4H3,(H2,20,21,22)/t15-/m1/s1. The molecule has 1 aromatic carbocycles. The Hall–Kier alpha value is -3.39. The number of nitrogens with zero attached hydrogens (tertiary/aromatic N) is 2. The van der Waals surface area contributed by atoms with Crippen LogP contribution in [0, 0.1) is 35.5 Å². The molecule has 0 aliphatic heterocycles. The number of nitrogens with one attached hydrogen (secondary N) is 2. The fourth-order valence-corrected chi connectivity index (χ4v) is 2.81. The Kier molecular flexibility index (Phi) is 5.35. The van der Waals surface area contributed by atoms with Crippen LogP contribution < -0.4 is 19.8 Å². The van der Waals surface area contributed by atoms with Gasteiger partial charge < -0.3 is 19.3 Å². The maximum absolute atomic E-state index is 12.2. The van der Waals surface area contributed by atoms with Crippen molar-refractivity contribution < 1.29 is 14.2 Å². The highest BCUT2D eigenvalue weighted by molar-refractivity contribution is 5.56. The number of benzene rings is 1. The number of ether oxygens (including phenoxy) is 3. The fourth-order valence-electron chi connectivity index (χ4n) is 2.81. The summed E-state index contributed by atoms with van der Waals surface area (Å²) in [4.78, 5) is 12.2. The molecule has 8 nitrogen and oxygen atoms in total. The minimum atomic E-state index is -1.07. The second-order valence-electron chi connectivity index (χ2n) is 5.29. The third kappa shape index (κ3) is 3.15. The van der Waals surface area contributed by atoms with Crippen molar-refractivity contribution >= 4 is 0 Å². The second kappa shape index (κ2) is 7.45. The molecule has 0 aliphatic rings. The molecule has 0 radical (unpaired) electrons. The van der Waals surface area contributed by atoms with Gasteiger partial charge in [0.25, 0.3) is 5.56 Å². The van der Waals surface area contributed by atoms with Crippen LogP contribution in [0.1, 0.15) is 22.7 Å². The van der Waals surface area contributed by atoms with E-state index in [9.17, 15) is 15.3 Å². The van der Waals surface area contributed by atoms with Crippen molar-refractivity contribution in [2.75, 3.05) is 21.3 Å². The lowest BCUT2D eigenvalue weighted by molar-refractivity contribution is 0.323. The van der Waals surface area contributed by atoms with Crippen molar-refractivity contribution in [2.45, 2.75) is 12.8 Å². The highest BCUT2D eigenvalue weighted by atomic mass is 16.5. The Morgan fingerprint density at radius 3 is 1.92 bits per heavy atom. The molecule has 8 heteroatoms. The zero-order valence-corrected chi connectivity index (χ0v) is 14.3. The SMILES string of the molecule is COc1cc([C@@H](c2c(C)[nH][nH]c2=O)C(C#N)C#N)cc(OC)c1OC. The van der Waals surface area contributed by atoms with Crippen LogP contribution in [0.5, 0.6) is 17.2 Å². The quantitative estimate of drug-likeness (QED) is 0.825. The summed E-state index contributed by atoms with van der Waals surface area (Å²) in [6.45, 7) is 1.70. The van der Waals surface area contributed by atoms with Gasteiger partial charge in [0.1, 0.15) is 5.92 Å². The van der Waals surface area contributed by atoms with Crippen LogP contribution >= 0.6 is 0 Å². The number of aryl methyl sites for hydroxylation is 1. The van der Waals surface area contributed by atoms with Gasteiger partial charge >= 0.3 is 0 Å². The molecule has 0 amide bonds. The highest BCUT2D eigenvalue weighted by Gasteiger charge is 2.31. The third-order valence-corrected chi connectivity index (χ3v) is 3.98. The number of hydrogen-bond donors (Lipinski definition) is 2. The molecule has 0 unspecified atom stereocenters. The van der Waals surface area contributed by atoms with E-state index in [0.717, 1.165) is 0 Å². The van der Waals surface area contributed by atoms with E-state index in [4.69, 9.17) is 14.2 Å². The van der Waals surface area contributed by atoms with Crippen LogP contribution in [0.4, 0.5) is 0 Å². The normalized spacial score (nSPS) is 11.5. The van der Waals surface area contributed by atoms with E-state index in [-0.39, 0.29) is 5.56 Å². The van der Waals surface area contributed by atoms with Gasteiger partial charge in [0.15, 0.2) is 11.5 Å². The van der Waals surface area contributed by atoms with Gasteiger partial charge in [-0.15, -0.1) is 0 Å². The van der Waals surface area contributed by atoms with Crippen molar-refractivity contribution in [3.8, 4) is 29.4 Å². The first kappa shape index (κ1) is 18.0. The van der Waals surface area contributed by atoms with Crippen LogP contribution in [0.2, 0.25) is 0 Å². The Bertz CT molecular complexity index is 862. The number of H-pyrrole nitrogens is 2. The first-order valence-electron chi connectivity index (χ1n) is 7.38. The van der Waals surface area contributed by atoms with Crippen LogP contribution in [-0.4, -0.2) is 31.5 Å². The van der Waals surface area contributed by atoms with Crippen LogP contribution in [0.15, 0.2) is 16.9 Å². The maximum Gasteiger partial charge on any atom is 0.268 e.